The molecule has 0 spiro atoms. The Morgan fingerprint density at radius 2 is 2.23 bits per heavy atom. The van der Waals surface area contributed by atoms with E-state index in [9.17, 15) is 0 Å². The van der Waals surface area contributed by atoms with Gasteiger partial charge < -0.3 is 4.42 Å². The van der Waals surface area contributed by atoms with Crippen LogP contribution in [0.15, 0.2) is 27.8 Å². The highest BCUT2D eigenvalue weighted by atomic mass is 32.1. The molecule has 0 fully saturated rings. The summed E-state index contributed by atoms with van der Waals surface area (Å²) in [7, 11) is 0. The van der Waals surface area contributed by atoms with E-state index in [1.54, 1.807) is 0 Å². The summed E-state index contributed by atoms with van der Waals surface area (Å²) in [5.74, 6) is 0.844. The van der Waals surface area contributed by atoms with E-state index in [0.29, 0.717) is 5.22 Å². The number of rotatable bonds is 2. The van der Waals surface area contributed by atoms with Gasteiger partial charge in [-0.15, -0.1) is 0 Å². The van der Waals surface area contributed by atoms with Crippen LogP contribution in [0.5, 0.6) is 0 Å². The molecule has 1 heterocycles. The Kier molecular flexibility index (Phi) is 2.51. The van der Waals surface area contributed by atoms with Crippen molar-refractivity contribution in [2.24, 2.45) is 0 Å². The van der Waals surface area contributed by atoms with Gasteiger partial charge in [0.05, 0.1) is 0 Å². The predicted octanol–water partition coefficient (Wildman–Crippen LogP) is 2.59. The lowest BCUT2D eigenvalue weighted by Gasteiger charge is -1.95. The molecule has 1 aromatic heterocycles. The van der Waals surface area contributed by atoms with E-state index in [1.165, 1.54) is 5.56 Å². The van der Waals surface area contributed by atoms with Crippen LogP contribution >= 0.6 is 25.3 Å². The highest BCUT2D eigenvalue weighted by molar-refractivity contribution is 7.80. The van der Waals surface area contributed by atoms with Crippen molar-refractivity contribution in [3.05, 3.63) is 23.8 Å². The minimum atomic E-state index is 0.415. The fourth-order valence-corrected chi connectivity index (χ4v) is 1.71. The molecule has 4 heteroatoms. The van der Waals surface area contributed by atoms with E-state index in [-0.39, 0.29) is 0 Å². The maximum absolute atomic E-state index is 5.24. The Bertz CT molecular complexity index is 424. The van der Waals surface area contributed by atoms with Crippen molar-refractivity contribution in [3.63, 3.8) is 0 Å². The minimum absolute atomic E-state index is 0.415. The van der Waals surface area contributed by atoms with E-state index < -0.39 is 0 Å². The average Bonchev–Trinajstić information content (AvgIpc) is 2.44. The Labute approximate surface area is 87.2 Å². The summed E-state index contributed by atoms with van der Waals surface area (Å²) >= 11 is 8.21. The first-order chi connectivity index (χ1) is 6.29. The molecule has 0 aliphatic heterocycles. The first-order valence-electron chi connectivity index (χ1n) is 3.99. The average molecular weight is 211 g/mol. The Balaban J connectivity index is 2.48. The number of hydrogen-bond donors (Lipinski definition) is 2. The smallest absolute Gasteiger partial charge is 0.253 e. The van der Waals surface area contributed by atoms with Gasteiger partial charge in [-0.2, -0.15) is 12.6 Å². The van der Waals surface area contributed by atoms with E-state index in [1.807, 2.05) is 18.2 Å². The van der Waals surface area contributed by atoms with Crippen LogP contribution in [0, 0.1) is 0 Å². The summed E-state index contributed by atoms with van der Waals surface area (Å²) in [4.78, 5) is 4.13. The number of fused-ring (bicyclic) bond motifs is 1. The van der Waals surface area contributed by atoms with Crippen LogP contribution in [0.4, 0.5) is 0 Å². The zero-order valence-corrected chi connectivity index (χ0v) is 8.69. The van der Waals surface area contributed by atoms with Crippen LogP contribution in [-0.2, 0) is 6.42 Å². The summed E-state index contributed by atoms with van der Waals surface area (Å²) in [6.45, 7) is 0. The molecule has 0 saturated heterocycles. The van der Waals surface area contributed by atoms with Gasteiger partial charge in [-0.05, 0) is 29.9 Å². The second-order valence-electron chi connectivity index (χ2n) is 2.77. The molecule has 68 valence electrons. The van der Waals surface area contributed by atoms with Gasteiger partial charge in [-0.25, -0.2) is 4.98 Å². The van der Waals surface area contributed by atoms with Gasteiger partial charge in [-0.3, -0.25) is 0 Å². The van der Waals surface area contributed by atoms with Crippen molar-refractivity contribution < 1.29 is 4.42 Å². The fraction of sp³-hybridized carbons (Fsp3) is 0.222. The number of oxazole rings is 1. The van der Waals surface area contributed by atoms with Gasteiger partial charge >= 0.3 is 0 Å². The molecule has 0 aliphatic rings. The largest absolute Gasteiger partial charge is 0.432 e. The second-order valence-corrected chi connectivity index (χ2v) is 3.60. The minimum Gasteiger partial charge on any atom is -0.432 e. The normalized spacial score (nSPS) is 10.9. The highest BCUT2D eigenvalue weighted by Gasteiger charge is 2.02. The van der Waals surface area contributed by atoms with Crippen LogP contribution in [0.1, 0.15) is 5.56 Å². The molecular weight excluding hydrogens is 202 g/mol. The van der Waals surface area contributed by atoms with Crippen LogP contribution < -0.4 is 0 Å². The van der Waals surface area contributed by atoms with Crippen molar-refractivity contribution in [2.45, 2.75) is 11.6 Å². The van der Waals surface area contributed by atoms with E-state index in [2.05, 4.69) is 30.2 Å². The summed E-state index contributed by atoms with van der Waals surface area (Å²) in [5.41, 5.74) is 2.88. The second kappa shape index (κ2) is 3.64. The topological polar surface area (TPSA) is 26.0 Å². The van der Waals surface area contributed by atoms with Gasteiger partial charge in [-0.1, -0.05) is 18.7 Å². The van der Waals surface area contributed by atoms with Crippen LogP contribution in [-0.4, -0.2) is 10.7 Å². The lowest BCUT2D eigenvalue weighted by atomic mass is 10.1. The third-order valence-corrected chi connectivity index (χ3v) is 2.26. The monoisotopic (exact) mass is 211 g/mol. The van der Waals surface area contributed by atoms with Crippen molar-refractivity contribution in [2.75, 3.05) is 5.75 Å². The molecule has 0 atom stereocenters. The fourth-order valence-electron chi connectivity index (χ4n) is 1.25. The number of nitrogens with zero attached hydrogens (tertiary/aromatic N) is 1. The van der Waals surface area contributed by atoms with Crippen molar-refractivity contribution in [1.82, 2.24) is 4.98 Å². The lowest BCUT2D eigenvalue weighted by Crippen LogP contribution is -1.84. The Morgan fingerprint density at radius 1 is 1.38 bits per heavy atom. The van der Waals surface area contributed by atoms with Crippen LogP contribution in [0.25, 0.3) is 11.1 Å². The Morgan fingerprint density at radius 3 is 3.00 bits per heavy atom. The standard InChI is InChI=1S/C9H9NOS2/c12-4-3-6-1-2-8-7(5-6)10-9(13)11-8/h1-2,5,12H,3-4H2,(H,10,13). The number of benzene rings is 1. The maximum Gasteiger partial charge on any atom is 0.253 e. The molecule has 2 rings (SSSR count). The van der Waals surface area contributed by atoms with Gasteiger partial charge in [0.25, 0.3) is 5.22 Å². The molecular formula is C9H9NOS2. The molecule has 2 nitrogen and oxygen atoms in total. The quantitative estimate of drug-likeness (QED) is 0.747. The molecule has 0 amide bonds. The first kappa shape index (κ1) is 8.97. The molecule has 0 unspecified atom stereocenters. The molecule has 0 N–H and O–H groups in total. The number of thiol groups is 2. The molecule has 0 bridgehead atoms. The molecule has 13 heavy (non-hydrogen) atoms. The zero-order valence-electron chi connectivity index (χ0n) is 6.90. The summed E-state index contributed by atoms with van der Waals surface area (Å²) < 4.78 is 5.24. The molecule has 0 aliphatic carbocycles. The third kappa shape index (κ3) is 1.84. The summed E-state index contributed by atoms with van der Waals surface area (Å²) in [5, 5.41) is 0.415. The predicted molar refractivity (Wildman–Crippen MR) is 58.8 cm³/mol. The van der Waals surface area contributed by atoms with Crippen LogP contribution in [0.2, 0.25) is 0 Å². The molecule has 0 radical (unpaired) electrons. The molecule has 1 aromatic carbocycles. The molecule has 2 aromatic rings. The third-order valence-electron chi connectivity index (χ3n) is 1.84. The first-order valence-corrected chi connectivity index (χ1v) is 5.07. The number of aromatic nitrogens is 1. The van der Waals surface area contributed by atoms with Gasteiger partial charge in [0, 0.05) is 0 Å². The van der Waals surface area contributed by atoms with Crippen molar-refractivity contribution >= 4 is 36.4 Å². The summed E-state index contributed by atoms with van der Waals surface area (Å²) in [6.07, 6.45) is 0.952. The number of hydrogen-bond acceptors (Lipinski definition) is 4. The van der Waals surface area contributed by atoms with Gasteiger partial charge in [0.2, 0.25) is 0 Å². The highest BCUT2D eigenvalue weighted by Crippen LogP contribution is 2.19. The summed E-state index contributed by atoms with van der Waals surface area (Å²) in [6, 6.07) is 5.95. The van der Waals surface area contributed by atoms with Gasteiger partial charge in [0.15, 0.2) is 5.58 Å². The van der Waals surface area contributed by atoms with E-state index in [4.69, 9.17) is 4.42 Å². The van der Waals surface area contributed by atoms with E-state index >= 15 is 0 Å². The molecule has 0 saturated carbocycles. The zero-order chi connectivity index (χ0) is 9.26. The Hall–Kier alpha value is -0.610. The number of aryl methyl sites for hydroxylation is 1. The lowest BCUT2D eigenvalue weighted by molar-refractivity contribution is 0.492. The maximum atomic E-state index is 5.24. The van der Waals surface area contributed by atoms with Crippen molar-refractivity contribution in [3.8, 4) is 0 Å². The van der Waals surface area contributed by atoms with Gasteiger partial charge in [0.1, 0.15) is 5.52 Å². The van der Waals surface area contributed by atoms with Crippen LogP contribution in [0.3, 0.4) is 0 Å². The van der Waals surface area contributed by atoms with E-state index in [0.717, 1.165) is 23.3 Å². The SMILES string of the molecule is SCCc1ccc2oc(S)nc2c1. The van der Waals surface area contributed by atoms with Crippen molar-refractivity contribution in [1.29, 1.82) is 0 Å².